The molecule has 2 aromatic carbocycles. The zero-order chi connectivity index (χ0) is 20.8. The lowest BCUT2D eigenvalue weighted by atomic mass is 10.0. The fourth-order valence-electron chi connectivity index (χ4n) is 4.37. The number of benzene rings is 2. The SMILES string of the molecule is O=C(NCC(c1ccccc1Cl)N1CCOCC1)c1cccc(CN2CCCC2)c1. The molecule has 4 rings (SSSR count). The Bertz CT molecular complexity index is 848. The zero-order valence-corrected chi connectivity index (χ0v) is 18.1. The summed E-state index contributed by atoms with van der Waals surface area (Å²) in [5.41, 5.74) is 2.95. The first-order valence-corrected chi connectivity index (χ1v) is 11.2. The number of likely N-dealkylation sites (tertiary alicyclic amines) is 1. The van der Waals surface area contributed by atoms with Crippen LogP contribution in [-0.2, 0) is 11.3 Å². The Morgan fingerprint density at radius 3 is 2.57 bits per heavy atom. The molecule has 1 amide bonds. The van der Waals surface area contributed by atoms with E-state index in [1.807, 2.05) is 42.5 Å². The fraction of sp³-hybridized carbons (Fsp3) is 0.458. The highest BCUT2D eigenvalue weighted by Crippen LogP contribution is 2.28. The molecule has 160 valence electrons. The zero-order valence-electron chi connectivity index (χ0n) is 17.4. The molecule has 0 aromatic heterocycles. The van der Waals surface area contributed by atoms with Gasteiger partial charge in [-0.2, -0.15) is 0 Å². The predicted molar refractivity (Wildman–Crippen MR) is 120 cm³/mol. The maximum Gasteiger partial charge on any atom is 0.251 e. The third-order valence-corrected chi connectivity index (χ3v) is 6.34. The predicted octanol–water partition coefficient (Wildman–Crippen LogP) is 3.74. The summed E-state index contributed by atoms with van der Waals surface area (Å²) in [5.74, 6) is -0.0383. The van der Waals surface area contributed by atoms with Crippen molar-refractivity contribution in [3.05, 3.63) is 70.2 Å². The molecule has 2 aromatic rings. The monoisotopic (exact) mass is 427 g/mol. The third-order valence-electron chi connectivity index (χ3n) is 6.00. The molecule has 0 saturated carbocycles. The van der Waals surface area contributed by atoms with Gasteiger partial charge in [0.05, 0.1) is 19.3 Å². The fourth-order valence-corrected chi connectivity index (χ4v) is 4.63. The lowest BCUT2D eigenvalue weighted by Crippen LogP contribution is -2.44. The first kappa shape index (κ1) is 21.3. The van der Waals surface area contributed by atoms with E-state index >= 15 is 0 Å². The molecule has 1 N–H and O–H groups in total. The highest BCUT2D eigenvalue weighted by Gasteiger charge is 2.25. The number of rotatable bonds is 7. The van der Waals surface area contributed by atoms with Crippen LogP contribution in [-0.4, -0.2) is 61.6 Å². The summed E-state index contributed by atoms with van der Waals surface area (Å²) in [6.45, 7) is 6.79. The van der Waals surface area contributed by atoms with E-state index in [0.29, 0.717) is 25.3 Å². The van der Waals surface area contributed by atoms with Crippen molar-refractivity contribution in [1.29, 1.82) is 0 Å². The maximum atomic E-state index is 12.9. The van der Waals surface area contributed by atoms with Crippen LogP contribution in [0.25, 0.3) is 0 Å². The second-order valence-corrected chi connectivity index (χ2v) is 8.49. The van der Waals surface area contributed by atoms with Crippen LogP contribution in [0, 0.1) is 0 Å². The number of carbonyl (C=O) groups is 1. The van der Waals surface area contributed by atoms with Gasteiger partial charge in [-0.1, -0.05) is 41.9 Å². The normalized spacial score (nSPS) is 19.0. The van der Waals surface area contributed by atoms with Crippen molar-refractivity contribution in [2.75, 3.05) is 45.9 Å². The summed E-state index contributed by atoms with van der Waals surface area (Å²) in [7, 11) is 0. The lowest BCUT2D eigenvalue weighted by molar-refractivity contribution is 0.0162. The highest BCUT2D eigenvalue weighted by molar-refractivity contribution is 6.31. The lowest BCUT2D eigenvalue weighted by Gasteiger charge is -2.35. The smallest absolute Gasteiger partial charge is 0.251 e. The van der Waals surface area contributed by atoms with Crippen molar-refractivity contribution < 1.29 is 9.53 Å². The Balaban J connectivity index is 1.44. The molecule has 5 nitrogen and oxygen atoms in total. The molecular weight excluding hydrogens is 398 g/mol. The van der Waals surface area contributed by atoms with Gasteiger partial charge in [0.25, 0.3) is 5.91 Å². The molecule has 6 heteroatoms. The molecule has 0 radical (unpaired) electrons. The minimum absolute atomic E-state index is 0.0272. The number of morpholine rings is 1. The van der Waals surface area contributed by atoms with Gasteiger partial charge < -0.3 is 10.1 Å². The van der Waals surface area contributed by atoms with Gasteiger partial charge in [0, 0.05) is 36.8 Å². The van der Waals surface area contributed by atoms with Crippen LogP contribution in [0.1, 0.15) is 40.4 Å². The molecule has 2 heterocycles. The number of carbonyl (C=O) groups excluding carboxylic acids is 1. The molecule has 2 aliphatic rings. The van der Waals surface area contributed by atoms with Crippen LogP contribution in [0.2, 0.25) is 5.02 Å². The van der Waals surface area contributed by atoms with Crippen LogP contribution >= 0.6 is 11.6 Å². The Kier molecular flexibility index (Phi) is 7.39. The highest BCUT2D eigenvalue weighted by atomic mass is 35.5. The Morgan fingerprint density at radius 2 is 1.80 bits per heavy atom. The third kappa shape index (κ3) is 5.41. The second-order valence-electron chi connectivity index (χ2n) is 8.08. The van der Waals surface area contributed by atoms with Gasteiger partial charge >= 0.3 is 0 Å². The second kappa shape index (κ2) is 10.4. The molecule has 0 spiro atoms. The number of amides is 1. The van der Waals surface area contributed by atoms with E-state index < -0.39 is 0 Å². The average molecular weight is 428 g/mol. The summed E-state index contributed by atoms with van der Waals surface area (Å²) in [6, 6.07) is 15.9. The number of halogens is 1. The van der Waals surface area contributed by atoms with E-state index in [2.05, 4.69) is 21.2 Å². The molecular formula is C24H30ClN3O2. The summed E-state index contributed by atoms with van der Waals surface area (Å²) >= 11 is 6.50. The minimum atomic E-state index is -0.0383. The van der Waals surface area contributed by atoms with Crippen molar-refractivity contribution in [1.82, 2.24) is 15.1 Å². The minimum Gasteiger partial charge on any atom is -0.379 e. The van der Waals surface area contributed by atoms with E-state index in [9.17, 15) is 4.79 Å². The van der Waals surface area contributed by atoms with E-state index in [4.69, 9.17) is 16.3 Å². The quantitative estimate of drug-likeness (QED) is 0.731. The summed E-state index contributed by atoms with van der Waals surface area (Å²) in [4.78, 5) is 17.7. The van der Waals surface area contributed by atoms with Gasteiger partial charge in [-0.3, -0.25) is 14.6 Å². The molecule has 0 aliphatic carbocycles. The maximum absolute atomic E-state index is 12.9. The summed E-state index contributed by atoms with van der Waals surface area (Å²) in [5, 5.41) is 3.88. The van der Waals surface area contributed by atoms with E-state index in [1.54, 1.807) is 0 Å². The van der Waals surface area contributed by atoms with Crippen molar-refractivity contribution in [3.8, 4) is 0 Å². The van der Waals surface area contributed by atoms with Crippen molar-refractivity contribution in [2.45, 2.75) is 25.4 Å². The largest absolute Gasteiger partial charge is 0.379 e. The molecule has 1 unspecified atom stereocenters. The molecule has 0 bridgehead atoms. The van der Waals surface area contributed by atoms with Crippen molar-refractivity contribution in [2.24, 2.45) is 0 Å². The average Bonchev–Trinajstić information content (AvgIpc) is 3.29. The van der Waals surface area contributed by atoms with Crippen LogP contribution in [0.5, 0.6) is 0 Å². The van der Waals surface area contributed by atoms with Gasteiger partial charge in [0.2, 0.25) is 0 Å². The topological polar surface area (TPSA) is 44.8 Å². The number of nitrogens with zero attached hydrogens (tertiary/aromatic N) is 2. The Labute approximate surface area is 184 Å². The Hall–Kier alpha value is -1.92. The first-order chi connectivity index (χ1) is 14.7. The van der Waals surface area contributed by atoms with E-state index in [1.165, 1.54) is 18.4 Å². The van der Waals surface area contributed by atoms with Crippen LogP contribution in [0.3, 0.4) is 0 Å². The van der Waals surface area contributed by atoms with Gasteiger partial charge in [-0.15, -0.1) is 0 Å². The van der Waals surface area contributed by atoms with Crippen molar-refractivity contribution in [3.63, 3.8) is 0 Å². The van der Waals surface area contributed by atoms with Gasteiger partial charge in [-0.25, -0.2) is 0 Å². The van der Waals surface area contributed by atoms with Crippen LogP contribution < -0.4 is 5.32 Å². The van der Waals surface area contributed by atoms with E-state index in [-0.39, 0.29) is 11.9 Å². The van der Waals surface area contributed by atoms with Crippen molar-refractivity contribution >= 4 is 17.5 Å². The number of ether oxygens (including phenoxy) is 1. The molecule has 2 aliphatic heterocycles. The van der Waals surface area contributed by atoms with E-state index in [0.717, 1.165) is 43.3 Å². The molecule has 2 saturated heterocycles. The van der Waals surface area contributed by atoms with Gasteiger partial charge in [0.1, 0.15) is 0 Å². The summed E-state index contributed by atoms with van der Waals surface area (Å²) < 4.78 is 5.51. The molecule has 1 atom stereocenters. The summed E-state index contributed by atoms with van der Waals surface area (Å²) in [6.07, 6.45) is 2.54. The molecule has 2 fully saturated rings. The van der Waals surface area contributed by atoms with Crippen LogP contribution in [0.4, 0.5) is 0 Å². The number of hydrogen-bond acceptors (Lipinski definition) is 4. The first-order valence-electron chi connectivity index (χ1n) is 10.9. The molecule has 30 heavy (non-hydrogen) atoms. The Morgan fingerprint density at radius 1 is 1.03 bits per heavy atom. The van der Waals surface area contributed by atoms with Gasteiger partial charge in [-0.05, 0) is 55.3 Å². The van der Waals surface area contributed by atoms with Gasteiger partial charge in [0.15, 0.2) is 0 Å². The standard InChI is InChI=1S/C24H30ClN3O2/c25-22-9-2-1-8-21(22)23(28-12-14-30-15-13-28)17-26-24(29)20-7-5-6-19(16-20)18-27-10-3-4-11-27/h1-2,5-9,16,23H,3-4,10-15,17-18H2,(H,26,29). The number of hydrogen-bond donors (Lipinski definition) is 1. The van der Waals surface area contributed by atoms with Crippen LogP contribution in [0.15, 0.2) is 48.5 Å². The number of nitrogens with one attached hydrogen (secondary N) is 1.